The van der Waals surface area contributed by atoms with Crippen LogP contribution in [0.2, 0.25) is 5.02 Å². The van der Waals surface area contributed by atoms with E-state index in [1.165, 1.54) is 0 Å². The van der Waals surface area contributed by atoms with Crippen LogP contribution in [0.1, 0.15) is 41.1 Å². The third kappa shape index (κ3) is 5.73. The number of amides is 1. The van der Waals surface area contributed by atoms with Crippen LogP contribution in [-0.4, -0.2) is 46.2 Å². The summed E-state index contributed by atoms with van der Waals surface area (Å²) in [6, 6.07) is 20.5. The number of methoxy groups -OCH3 is 2. The van der Waals surface area contributed by atoms with E-state index in [0.29, 0.717) is 33.9 Å². The monoisotopic (exact) mass is 589 g/mol. The van der Waals surface area contributed by atoms with Gasteiger partial charge in [-0.05, 0) is 80.2 Å². The number of benzene rings is 2. The second-order valence-corrected chi connectivity index (χ2v) is 10.6. The van der Waals surface area contributed by atoms with Crippen LogP contribution >= 0.6 is 23.8 Å². The number of carbonyl (C=O) groups excluding carboxylic acids is 1. The Morgan fingerprint density at radius 2 is 1.80 bits per heavy atom. The summed E-state index contributed by atoms with van der Waals surface area (Å²) in [6.45, 7) is 4.54. The van der Waals surface area contributed by atoms with Crippen LogP contribution in [0.15, 0.2) is 72.9 Å². The number of thiocarbonyl (C=S) groups is 1. The summed E-state index contributed by atoms with van der Waals surface area (Å²) >= 11 is 12.2. The minimum Gasteiger partial charge on any atom is -0.495 e. The van der Waals surface area contributed by atoms with Gasteiger partial charge in [-0.3, -0.25) is 9.78 Å². The van der Waals surface area contributed by atoms with Crippen molar-refractivity contribution in [2.45, 2.75) is 32.4 Å². The lowest BCUT2D eigenvalue weighted by molar-refractivity contribution is -0.116. The summed E-state index contributed by atoms with van der Waals surface area (Å²) in [5.41, 5.74) is 5.45. The van der Waals surface area contributed by atoms with Crippen LogP contribution in [0.3, 0.4) is 0 Å². The molecule has 1 aliphatic heterocycles. The van der Waals surface area contributed by atoms with Gasteiger partial charge in [0.1, 0.15) is 11.5 Å². The molecule has 1 saturated heterocycles. The molecule has 3 heterocycles. The highest BCUT2D eigenvalue weighted by Crippen LogP contribution is 2.42. The molecule has 4 aromatic rings. The molecule has 0 radical (unpaired) electrons. The molecule has 10 heteroatoms. The Bertz CT molecular complexity index is 1580. The fourth-order valence-corrected chi connectivity index (χ4v) is 5.96. The Labute approximate surface area is 250 Å². The van der Waals surface area contributed by atoms with Crippen molar-refractivity contribution in [3.63, 3.8) is 0 Å². The number of halogens is 1. The van der Waals surface area contributed by atoms with E-state index in [9.17, 15) is 4.79 Å². The largest absolute Gasteiger partial charge is 0.495 e. The average molecular weight is 590 g/mol. The molecule has 0 aliphatic carbocycles. The van der Waals surface area contributed by atoms with Gasteiger partial charge in [-0.1, -0.05) is 29.8 Å². The normalized spacial score (nSPS) is 16.4. The first kappa shape index (κ1) is 28.4. The zero-order chi connectivity index (χ0) is 29.1. The zero-order valence-corrected chi connectivity index (χ0v) is 24.9. The second kappa shape index (κ2) is 12.2. The van der Waals surface area contributed by atoms with E-state index in [4.69, 9.17) is 33.3 Å². The fourth-order valence-electron chi connectivity index (χ4n) is 5.46. The Morgan fingerprint density at radius 1 is 1.05 bits per heavy atom. The van der Waals surface area contributed by atoms with Crippen LogP contribution in [0.5, 0.6) is 11.5 Å². The summed E-state index contributed by atoms with van der Waals surface area (Å²) < 4.78 is 13.2. The van der Waals surface area contributed by atoms with Gasteiger partial charge >= 0.3 is 0 Å². The third-order valence-electron chi connectivity index (χ3n) is 7.33. The standard InChI is InChI=1S/C31H32ClN5O3S/c1-19-17-22(20(2)37(19)25-18-21(32)12-13-27(25)40-4)30-29(24-10-7-8-15-33-24)35-31(41)36(30)16-14-28(38)34-23-9-5-6-11-26(23)39-3/h5-13,15,17-18,29-30H,14,16H2,1-4H3,(H,34,38)(H,35,41). The van der Waals surface area contributed by atoms with E-state index < -0.39 is 0 Å². The minimum absolute atomic E-state index is 0.133. The summed E-state index contributed by atoms with van der Waals surface area (Å²) in [7, 11) is 3.23. The molecule has 1 aliphatic rings. The van der Waals surface area contributed by atoms with Gasteiger partial charge in [0.2, 0.25) is 5.91 Å². The number of ether oxygens (including phenoxy) is 2. The highest BCUT2D eigenvalue weighted by atomic mass is 35.5. The number of rotatable bonds is 9. The molecule has 2 atom stereocenters. The summed E-state index contributed by atoms with van der Waals surface area (Å²) in [6.07, 6.45) is 2.01. The number of hydrogen-bond acceptors (Lipinski definition) is 5. The number of anilines is 1. The van der Waals surface area contributed by atoms with Gasteiger partial charge in [0.25, 0.3) is 0 Å². The number of hydrogen-bond donors (Lipinski definition) is 2. The fraction of sp³-hybridized carbons (Fsp3) is 0.258. The molecule has 2 N–H and O–H groups in total. The number of aromatic nitrogens is 2. The number of nitrogens with zero attached hydrogens (tertiary/aromatic N) is 3. The molecule has 0 spiro atoms. The summed E-state index contributed by atoms with van der Waals surface area (Å²) in [5, 5.41) is 7.63. The van der Waals surface area contributed by atoms with Crippen LogP contribution in [0.25, 0.3) is 5.69 Å². The Hall–Kier alpha value is -4.08. The van der Waals surface area contributed by atoms with Gasteiger partial charge in [0.15, 0.2) is 5.11 Å². The maximum Gasteiger partial charge on any atom is 0.226 e. The zero-order valence-electron chi connectivity index (χ0n) is 23.3. The maximum absolute atomic E-state index is 13.1. The molecular formula is C31H32ClN5O3S. The molecule has 1 fully saturated rings. The van der Waals surface area contributed by atoms with E-state index >= 15 is 0 Å². The van der Waals surface area contributed by atoms with Crippen molar-refractivity contribution in [3.8, 4) is 17.2 Å². The number of para-hydroxylation sites is 2. The van der Waals surface area contributed by atoms with Crippen LogP contribution < -0.4 is 20.1 Å². The number of nitrogens with one attached hydrogen (secondary N) is 2. The molecule has 2 aromatic heterocycles. The highest BCUT2D eigenvalue weighted by molar-refractivity contribution is 7.80. The van der Waals surface area contributed by atoms with Crippen LogP contribution in [0, 0.1) is 13.8 Å². The smallest absolute Gasteiger partial charge is 0.226 e. The topological polar surface area (TPSA) is 80.7 Å². The predicted octanol–water partition coefficient (Wildman–Crippen LogP) is 6.16. The van der Waals surface area contributed by atoms with Crippen molar-refractivity contribution in [1.29, 1.82) is 0 Å². The van der Waals surface area contributed by atoms with Gasteiger partial charge in [-0.15, -0.1) is 0 Å². The summed E-state index contributed by atoms with van der Waals surface area (Å²) in [5.74, 6) is 1.19. The first-order chi connectivity index (χ1) is 19.8. The van der Waals surface area contributed by atoms with Crippen molar-refractivity contribution in [2.75, 3.05) is 26.1 Å². The highest BCUT2D eigenvalue weighted by Gasteiger charge is 2.41. The van der Waals surface area contributed by atoms with Crippen molar-refractivity contribution in [1.82, 2.24) is 19.8 Å². The molecule has 2 unspecified atom stereocenters. The van der Waals surface area contributed by atoms with E-state index in [1.807, 2.05) is 60.7 Å². The molecule has 8 nitrogen and oxygen atoms in total. The third-order valence-corrected chi connectivity index (χ3v) is 7.92. The number of pyridine rings is 1. The van der Waals surface area contributed by atoms with Crippen molar-refractivity contribution in [3.05, 3.63) is 101 Å². The van der Waals surface area contributed by atoms with E-state index in [1.54, 1.807) is 20.4 Å². The lowest BCUT2D eigenvalue weighted by Gasteiger charge is -2.28. The molecule has 0 bridgehead atoms. The van der Waals surface area contributed by atoms with E-state index in [0.717, 1.165) is 28.3 Å². The van der Waals surface area contributed by atoms with Crippen molar-refractivity contribution >= 4 is 40.5 Å². The first-order valence-corrected chi connectivity index (χ1v) is 14.0. The van der Waals surface area contributed by atoms with Crippen molar-refractivity contribution < 1.29 is 14.3 Å². The number of aryl methyl sites for hydroxylation is 1. The number of carbonyl (C=O) groups is 1. The molecule has 212 valence electrons. The summed E-state index contributed by atoms with van der Waals surface area (Å²) in [4.78, 5) is 19.8. The van der Waals surface area contributed by atoms with Gasteiger partial charge in [-0.25, -0.2) is 0 Å². The van der Waals surface area contributed by atoms with Gasteiger partial charge in [0, 0.05) is 35.6 Å². The molecule has 41 heavy (non-hydrogen) atoms. The van der Waals surface area contributed by atoms with Gasteiger partial charge in [0.05, 0.1) is 43.4 Å². The van der Waals surface area contributed by atoms with Gasteiger partial charge < -0.3 is 29.6 Å². The second-order valence-electron chi connectivity index (χ2n) is 9.80. The lowest BCUT2D eigenvalue weighted by Crippen LogP contribution is -2.33. The Morgan fingerprint density at radius 3 is 2.54 bits per heavy atom. The average Bonchev–Trinajstić information content (AvgIpc) is 3.46. The first-order valence-electron chi connectivity index (χ1n) is 13.3. The lowest BCUT2D eigenvalue weighted by atomic mass is 9.96. The maximum atomic E-state index is 13.1. The SMILES string of the molecule is COc1ccccc1NC(=O)CCN1C(=S)NC(c2ccccn2)C1c1cc(C)n(-c2cc(Cl)ccc2OC)c1C. The Balaban J connectivity index is 1.50. The Kier molecular flexibility index (Phi) is 8.46. The predicted molar refractivity (Wildman–Crippen MR) is 165 cm³/mol. The quantitative estimate of drug-likeness (QED) is 0.226. The van der Waals surface area contributed by atoms with Crippen molar-refractivity contribution in [2.24, 2.45) is 0 Å². The van der Waals surface area contributed by atoms with Crippen LogP contribution in [-0.2, 0) is 4.79 Å². The van der Waals surface area contributed by atoms with E-state index in [-0.39, 0.29) is 24.4 Å². The molecular weight excluding hydrogens is 558 g/mol. The molecule has 5 rings (SSSR count). The minimum atomic E-state index is -0.212. The molecule has 2 aromatic carbocycles. The van der Waals surface area contributed by atoms with Crippen LogP contribution in [0.4, 0.5) is 5.69 Å². The molecule has 1 amide bonds. The molecule has 0 saturated carbocycles. The van der Waals surface area contributed by atoms with Gasteiger partial charge in [-0.2, -0.15) is 0 Å². The van der Waals surface area contributed by atoms with E-state index in [2.05, 4.69) is 45.0 Å².